The summed E-state index contributed by atoms with van der Waals surface area (Å²) in [6, 6.07) is 7.46. The molecule has 1 heterocycles. The Morgan fingerprint density at radius 2 is 2.19 bits per heavy atom. The van der Waals surface area contributed by atoms with E-state index in [1.165, 1.54) is 0 Å². The van der Waals surface area contributed by atoms with Crippen LogP contribution in [0.5, 0.6) is 0 Å². The van der Waals surface area contributed by atoms with Gasteiger partial charge in [0.05, 0.1) is 19.1 Å². The van der Waals surface area contributed by atoms with Crippen molar-refractivity contribution in [1.29, 1.82) is 0 Å². The van der Waals surface area contributed by atoms with Gasteiger partial charge >= 0.3 is 12.0 Å². The lowest BCUT2D eigenvalue weighted by Gasteiger charge is -2.32. The van der Waals surface area contributed by atoms with Crippen LogP contribution in [-0.4, -0.2) is 47.8 Å². The molecule has 21 heavy (non-hydrogen) atoms. The Morgan fingerprint density at radius 1 is 1.43 bits per heavy atom. The molecule has 1 fully saturated rings. The van der Waals surface area contributed by atoms with Crippen LogP contribution in [0, 0.1) is 0 Å². The molecule has 1 aromatic rings. The normalized spacial score (nSPS) is 18.3. The fourth-order valence-electron chi connectivity index (χ4n) is 2.15. The summed E-state index contributed by atoms with van der Waals surface area (Å²) in [7, 11) is 0. The molecule has 1 aliphatic heterocycles. The van der Waals surface area contributed by atoms with Gasteiger partial charge in [0.15, 0.2) is 0 Å². The fraction of sp³-hybridized carbons (Fsp3) is 0.429. The Balaban J connectivity index is 1.85. The molecule has 1 saturated heterocycles. The summed E-state index contributed by atoms with van der Waals surface area (Å²) in [5, 5.41) is 11.6. The Hall–Kier alpha value is -1.60. The maximum Gasteiger partial charge on any atom is 0.317 e. The quantitative estimate of drug-likeness (QED) is 0.862. The minimum Gasteiger partial charge on any atom is -0.481 e. The van der Waals surface area contributed by atoms with Crippen LogP contribution >= 0.6 is 15.9 Å². The number of amides is 2. The first-order chi connectivity index (χ1) is 10.1. The van der Waals surface area contributed by atoms with Gasteiger partial charge in [-0.25, -0.2) is 4.79 Å². The average molecular weight is 357 g/mol. The number of carboxylic acid groups (broad SMARTS) is 1. The maximum absolute atomic E-state index is 12.1. The molecule has 2 amide bonds. The highest BCUT2D eigenvalue weighted by atomic mass is 79.9. The molecule has 0 bridgehead atoms. The van der Waals surface area contributed by atoms with E-state index in [4.69, 9.17) is 9.84 Å². The monoisotopic (exact) mass is 356 g/mol. The van der Waals surface area contributed by atoms with Gasteiger partial charge in [-0.3, -0.25) is 4.79 Å². The van der Waals surface area contributed by atoms with Crippen molar-refractivity contribution in [2.45, 2.75) is 19.1 Å². The predicted octanol–water partition coefficient (Wildman–Crippen LogP) is 1.83. The van der Waals surface area contributed by atoms with Gasteiger partial charge in [-0.1, -0.05) is 34.1 Å². The van der Waals surface area contributed by atoms with Gasteiger partial charge in [0.2, 0.25) is 0 Å². The van der Waals surface area contributed by atoms with Crippen molar-refractivity contribution in [3.05, 3.63) is 34.3 Å². The number of aliphatic carboxylic acids is 1. The lowest BCUT2D eigenvalue weighted by molar-refractivity contribution is -0.141. The van der Waals surface area contributed by atoms with Crippen LogP contribution < -0.4 is 5.32 Å². The summed E-state index contributed by atoms with van der Waals surface area (Å²) >= 11 is 3.43. The lowest BCUT2D eigenvalue weighted by Crippen LogP contribution is -2.49. The summed E-state index contributed by atoms with van der Waals surface area (Å²) in [6.07, 6.45) is -0.529. The Morgan fingerprint density at radius 3 is 2.90 bits per heavy atom. The first-order valence-electron chi connectivity index (χ1n) is 6.66. The van der Waals surface area contributed by atoms with E-state index in [2.05, 4.69) is 21.2 Å². The van der Waals surface area contributed by atoms with Crippen LogP contribution in [0.15, 0.2) is 28.7 Å². The molecule has 114 valence electrons. The van der Waals surface area contributed by atoms with Crippen molar-refractivity contribution in [2.24, 2.45) is 0 Å². The van der Waals surface area contributed by atoms with Crippen molar-refractivity contribution in [3.8, 4) is 0 Å². The Kier molecular flexibility index (Phi) is 5.58. The number of hydrogen-bond donors (Lipinski definition) is 2. The summed E-state index contributed by atoms with van der Waals surface area (Å²) in [4.78, 5) is 24.4. The van der Waals surface area contributed by atoms with Gasteiger partial charge in [0.25, 0.3) is 0 Å². The number of benzene rings is 1. The molecule has 0 spiro atoms. The zero-order chi connectivity index (χ0) is 15.2. The highest BCUT2D eigenvalue weighted by molar-refractivity contribution is 9.10. The summed E-state index contributed by atoms with van der Waals surface area (Å²) in [5.74, 6) is -0.921. The van der Waals surface area contributed by atoms with Crippen LogP contribution in [-0.2, 0) is 16.1 Å². The molecule has 1 atom stereocenters. The number of rotatable bonds is 4. The molecular formula is C14H17BrN2O4. The third-order valence-electron chi connectivity index (χ3n) is 3.22. The highest BCUT2D eigenvalue weighted by Crippen LogP contribution is 2.15. The molecule has 0 saturated carbocycles. The average Bonchev–Trinajstić information content (AvgIpc) is 2.45. The van der Waals surface area contributed by atoms with E-state index < -0.39 is 12.1 Å². The molecule has 0 aliphatic carbocycles. The fourth-order valence-corrected chi connectivity index (χ4v) is 2.57. The second-order valence-corrected chi connectivity index (χ2v) is 5.64. The van der Waals surface area contributed by atoms with Crippen LogP contribution in [0.4, 0.5) is 4.79 Å². The van der Waals surface area contributed by atoms with Crippen LogP contribution in [0.3, 0.4) is 0 Å². The number of nitrogens with zero attached hydrogens (tertiary/aromatic N) is 1. The summed E-state index contributed by atoms with van der Waals surface area (Å²) < 4.78 is 6.28. The molecular weight excluding hydrogens is 340 g/mol. The number of carbonyl (C=O) groups excluding carboxylic acids is 1. The number of carboxylic acids is 1. The molecule has 1 aromatic carbocycles. The first-order valence-corrected chi connectivity index (χ1v) is 7.45. The Bertz CT molecular complexity index is 523. The van der Waals surface area contributed by atoms with Crippen LogP contribution in [0.1, 0.15) is 12.0 Å². The third kappa shape index (κ3) is 4.71. The van der Waals surface area contributed by atoms with Gasteiger partial charge in [-0.15, -0.1) is 0 Å². The number of carbonyl (C=O) groups is 2. The van der Waals surface area contributed by atoms with Gasteiger partial charge in [-0.05, 0) is 11.6 Å². The van der Waals surface area contributed by atoms with Gasteiger partial charge in [0.1, 0.15) is 0 Å². The minimum atomic E-state index is -0.921. The second-order valence-electron chi connectivity index (χ2n) is 4.79. The van der Waals surface area contributed by atoms with Crippen molar-refractivity contribution in [2.75, 3.05) is 19.7 Å². The number of urea groups is 1. The van der Waals surface area contributed by atoms with Crippen molar-refractivity contribution >= 4 is 27.9 Å². The molecule has 0 aromatic heterocycles. The molecule has 2 N–H and O–H groups in total. The van der Waals surface area contributed by atoms with Crippen molar-refractivity contribution in [3.63, 3.8) is 0 Å². The van der Waals surface area contributed by atoms with Crippen LogP contribution in [0.25, 0.3) is 0 Å². The summed E-state index contributed by atoms with van der Waals surface area (Å²) in [5.41, 5.74) is 0.987. The molecule has 6 nitrogen and oxygen atoms in total. The Labute approximate surface area is 131 Å². The third-order valence-corrected chi connectivity index (χ3v) is 3.99. The van der Waals surface area contributed by atoms with E-state index in [-0.39, 0.29) is 12.5 Å². The zero-order valence-electron chi connectivity index (χ0n) is 11.4. The van der Waals surface area contributed by atoms with E-state index in [0.717, 1.165) is 10.0 Å². The van der Waals surface area contributed by atoms with E-state index in [1.54, 1.807) is 4.90 Å². The molecule has 7 heteroatoms. The number of nitrogens with one attached hydrogen (secondary N) is 1. The number of ether oxygens (including phenoxy) is 1. The second kappa shape index (κ2) is 7.42. The van der Waals surface area contributed by atoms with E-state index in [9.17, 15) is 9.59 Å². The van der Waals surface area contributed by atoms with Gasteiger partial charge in [0, 0.05) is 24.1 Å². The molecule has 2 rings (SSSR count). The number of halogens is 1. The number of morpholine rings is 1. The van der Waals surface area contributed by atoms with Gasteiger partial charge in [-0.2, -0.15) is 0 Å². The van der Waals surface area contributed by atoms with E-state index in [0.29, 0.717) is 26.2 Å². The maximum atomic E-state index is 12.1. The first kappa shape index (κ1) is 15.8. The predicted molar refractivity (Wildman–Crippen MR) is 79.9 cm³/mol. The topological polar surface area (TPSA) is 78.9 Å². The molecule has 0 radical (unpaired) electrons. The van der Waals surface area contributed by atoms with Crippen molar-refractivity contribution in [1.82, 2.24) is 10.2 Å². The van der Waals surface area contributed by atoms with E-state index >= 15 is 0 Å². The molecule has 1 unspecified atom stereocenters. The van der Waals surface area contributed by atoms with E-state index in [1.807, 2.05) is 24.3 Å². The number of hydrogen-bond acceptors (Lipinski definition) is 3. The lowest BCUT2D eigenvalue weighted by atomic mass is 10.2. The highest BCUT2D eigenvalue weighted by Gasteiger charge is 2.25. The smallest absolute Gasteiger partial charge is 0.317 e. The SMILES string of the molecule is O=C(O)CC1CN(C(=O)NCc2ccccc2Br)CCO1. The van der Waals surface area contributed by atoms with Crippen molar-refractivity contribution < 1.29 is 19.4 Å². The standard InChI is InChI=1S/C14H17BrN2O4/c15-12-4-2-1-3-10(12)8-16-14(20)17-5-6-21-11(9-17)7-13(18)19/h1-4,11H,5-9H2,(H,16,20)(H,18,19). The largest absolute Gasteiger partial charge is 0.481 e. The molecule has 1 aliphatic rings. The minimum absolute atomic E-state index is 0.0893. The van der Waals surface area contributed by atoms with Gasteiger partial charge < -0.3 is 20.1 Å². The summed E-state index contributed by atoms with van der Waals surface area (Å²) in [6.45, 7) is 1.55. The van der Waals surface area contributed by atoms with Crippen LogP contribution in [0.2, 0.25) is 0 Å². The zero-order valence-corrected chi connectivity index (χ0v) is 13.0.